The van der Waals surface area contributed by atoms with Crippen molar-refractivity contribution in [2.24, 2.45) is 5.41 Å². The van der Waals surface area contributed by atoms with Crippen molar-refractivity contribution in [1.29, 1.82) is 0 Å². The summed E-state index contributed by atoms with van der Waals surface area (Å²) >= 11 is 0. The monoisotopic (exact) mass is 273 g/mol. The van der Waals surface area contributed by atoms with Gasteiger partial charge in [-0.3, -0.25) is 0 Å². The Hall–Kier alpha value is -1.32. The van der Waals surface area contributed by atoms with E-state index in [4.69, 9.17) is 4.42 Å². The number of hydrogen-bond donors (Lipinski definition) is 2. The van der Waals surface area contributed by atoms with Crippen LogP contribution in [-0.4, -0.2) is 17.3 Å². The second-order valence-electron chi connectivity index (χ2n) is 6.60. The van der Waals surface area contributed by atoms with Gasteiger partial charge in [0.1, 0.15) is 11.3 Å². The maximum absolute atomic E-state index is 9.84. The molecule has 20 heavy (non-hydrogen) atoms. The van der Waals surface area contributed by atoms with Crippen LogP contribution in [0.3, 0.4) is 0 Å². The Balaban J connectivity index is 1.83. The van der Waals surface area contributed by atoms with E-state index in [1.54, 1.807) is 0 Å². The first-order valence-electron chi connectivity index (χ1n) is 7.33. The van der Waals surface area contributed by atoms with Crippen LogP contribution in [0, 0.1) is 12.3 Å². The molecule has 0 saturated heterocycles. The quantitative estimate of drug-likeness (QED) is 0.899. The van der Waals surface area contributed by atoms with Gasteiger partial charge in [-0.25, -0.2) is 0 Å². The Bertz CT molecular complexity index is 629. The first-order valence-corrected chi connectivity index (χ1v) is 7.33. The van der Waals surface area contributed by atoms with Crippen molar-refractivity contribution in [2.75, 3.05) is 0 Å². The van der Waals surface area contributed by atoms with E-state index in [-0.39, 0.29) is 17.6 Å². The SMILES string of the molecule is Cc1c(C(C)NC2CC(O)C2(C)C)oc2ccccc12. The van der Waals surface area contributed by atoms with Crippen molar-refractivity contribution in [3.05, 3.63) is 35.6 Å². The van der Waals surface area contributed by atoms with Gasteiger partial charge in [0.25, 0.3) is 0 Å². The molecule has 2 N–H and O–H groups in total. The van der Waals surface area contributed by atoms with Crippen molar-refractivity contribution < 1.29 is 9.52 Å². The summed E-state index contributed by atoms with van der Waals surface area (Å²) in [4.78, 5) is 0. The van der Waals surface area contributed by atoms with Crippen molar-refractivity contribution >= 4 is 11.0 Å². The molecule has 2 aromatic rings. The number of para-hydroxylation sites is 1. The zero-order chi connectivity index (χ0) is 14.5. The van der Waals surface area contributed by atoms with Gasteiger partial charge in [-0.1, -0.05) is 32.0 Å². The molecule has 3 heteroatoms. The molecular weight excluding hydrogens is 250 g/mol. The number of furan rings is 1. The van der Waals surface area contributed by atoms with E-state index in [0.29, 0.717) is 6.04 Å². The summed E-state index contributed by atoms with van der Waals surface area (Å²) in [6, 6.07) is 8.63. The van der Waals surface area contributed by atoms with Crippen LogP contribution < -0.4 is 5.32 Å². The number of nitrogens with one attached hydrogen (secondary N) is 1. The van der Waals surface area contributed by atoms with Gasteiger partial charge >= 0.3 is 0 Å². The lowest BCUT2D eigenvalue weighted by atomic mass is 9.64. The molecule has 0 radical (unpaired) electrons. The van der Waals surface area contributed by atoms with Crippen molar-refractivity contribution in [3.63, 3.8) is 0 Å². The van der Waals surface area contributed by atoms with Gasteiger partial charge in [0.15, 0.2) is 0 Å². The number of benzene rings is 1. The van der Waals surface area contributed by atoms with E-state index >= 15 is 0 Å². The first kappa shape index (κ1) is 13.7. The largest absolute Gasteiger partial charge is 0.459 e. The maximum Gasteiger partial charge on any atom is 0.134 e. The molecule has 1 heterocycles. The van der Waals surface area contributed by atoms with Crippen molar-refractivity contribution in [2.45, 2.75) is 52.3 Å². The third kappa shape index (κ3) is 1.97. The van der Waals surface area contributed by atoms with Crippen molar-refractivity contribution in [1.82, 2.24) is 5.32 Å². The van der Waals surface area contributed by atoms with Gasteiger partial charge in [-0.2, -0.15) is 0 Å². The van der Waals surface area contributed by atoms with E-state index < -0.39 is 0 Å². The summed E-state index contributed by atoms with van der Waals surface area (Å²) in [5.74, 6) is 1.00. The zero-order valence-electron chi connectivity index (χ0n) is 12.6. The summed E-state index contributed by atoms with van der Waals surface area (Å²) in [6.07, 6.45) is 0.611. The van der Waals surface area contributed by atoms with E-state index in [2.05, 4.69) is 39.1 Å². The summed E-state index contributed by atoms with van der Waals surface area (Å²) in [7, 11) is 0. The molecule has 108 valence electrons. The average molecular weight is 273 g/mol. The van der Waals surface area contributed by atoms with E-state index in [9.17, 15) is 5.11 Å². The summed E-state index contributed by atoms with van der Waals surface area (Å²) in [5.41, 5.74) is 2.09. The fourth-order valence-electron chi connectivity index (χ4n) is 3.17. The second-order valence-corrected chi connectivity index (χ2v) is 6.60. The summed E-state index contributed by atoms with van der Waals surface area (Å²) in [6.45, 7) is 8.46. The summed E-state index contributed by atoms with van der Waals surface area (Å²) in [5, 5.41) is 14.6. The average Bonchev–Trinajstić information content (AvgIpc) is 2.76. The molecular formula is C17H23NO2. The maximum atomic E-state index is 9.84. The van der Waals surface area contributed by atoms with Crippen LogP contribution in [0.4, 0.5) is 0 Å². The molecule has 3 unspecified atom stereocenters. The van der Waals surface area contributed by atoms with Crippen LogP contribution in [0.5, 0.6) is 0 Å². The fraction of sp³-hybridized carbons (Fsp3) is 0.529. The lowest BCUT2D eigenvalue weighted by Crippen LogP contribution is -2.60. The topological polar surface area (TPSA) is 45.4 Å². The Morgan fingerprint density at radius 1 is 1.35 bits per heavy atom. The van der Waals surface area contributed by atoms with Crippen LogP contribution in [0.25, 0.3) is 11.0 Å². The van der Waals surface area contributed by atoms with E-state index in [1.165, 1.54) is 10.9 Å². The van der Waals surface area contributed by atoms with Crippen LogP contribution in [0.2, 0.25) is 0 Å². The van der Waals surface area contributed by atoms with Crippen LogP contribution in [-0.2, 0) is 0 Å². The van der Waals surface area contributed by atoms with Gasteiger partial charge < -0.3 is 14.8 Å². The Kier molecular flexibility index (Phi) is 3.14. The highest BCUT2D eigenvalue weighted by Crippen LogP contribution is 2.42. The van der Waals surface area contributed by atoms with Gasteiger partial charge in [0, 0.05) is 16.8 Å². The normalized spacial score (nSPS) is 26.4. The molecule has 0 spiro atoms. The molecule has 1 saturated carbocycles. The second kappa shape index (κ2) is 4.61. The number of hydrogen-bond acceptors (Lipinski definition) is 3. The minimum atomic E-state index is -0.205. The van der Waals surface area contributed by atoms with Gasteiger partial charge in [0.2, 0.25) is 0 Å². The number of aliphatic hydroxyl groups is 1. The molecule has 1 aliphatic rings. The Morgan fingerprint density at radius 3 is 2.65 bits per heavy atom. The van der Waals surface area contributed by atoms with Crippen LogP contribution >= 0.6 is 0 Å². The van der Waals surface area contributed by atoms with Gasteiger partial charge in [0.05, 0.1) is 12.1 Å². The number of aliphatic hydroxyl groups excluding tert-OH is 1. The highest BCUT2D eigenvalue weighted by atomic mass is 16.3. The van der Waals surface area contributed by atoms with Crippen LogP contribution in [0.15, 0.2) is 28.7 Å². The molecule has 0 aliphatic heterocycles. The lowest BCUT2D eigenvalue weighted by Gasteiger charge is -2.50. The number of rotatable bonds is 3. The molecule has 0 bridgehead atoms. The predicted octanol–water partition coefficient (Wildman–Crippen LogP) is 3.55. The molecule has 1 fully saturated rings. The van der Waals surface area contributed by atoms with E-state index in [1.807, 2.05) is 18.2 Å². The molecule has 1 aromatic heterocycles. The summed E-state index contributed by atoms with van der Waals surface area (Å²) < 4.78 is 6.00. The van der Waals surface area contributed by atoms with Gasteiger partial charge in [-0.05, 0) is 31.9 Å². The van der Waals surface area contributed by atoms with Crippen LogP contribution in [0.1, 0.15) is 44.6 Å². The Morgan fingerprint density at radius 2 is 2.05 bits per heavy atom. The highest BCUT2D eigenvalue weighted by molar-refractivity contribution is 5.82. The molecule has 1 aliphatic carbocycles. The van der Waals surface area contributed by atoms with Gasteiger partial charge in [-0.15, -0.1) is 0 Å². The minimum absolute atomic E-state index is 0.0613. The minimum Gasteiger partial charge on any atom is -0.459 e. The standard InChI is InChI=1S/C17H23NO2/c1-10-12-7-5-6-8-13(12)20-16(10)11(2)18-14-9-15(19)17(14,3)4/h5-8,11,14-15,18-19H,9H2,1-4H3. The Labute approximate surface area is 120 Å². The smallest absolute Gasteiger partial charge is 0.134 e. The van der Waals surface area contributed by atoms with E-state index in [0.717, 1.165) is 17.8 Å². The lowest BCUT2D eigenvalue weighted by molar-refractivity contribution is -0.0760. The zero-order valence-corrected chi connectivity index (χ0v) is 12.6. The molecule has 0 amide bonds. The first-order chi connectivity index (χ1) is 9.41. The fourth-order valence-corrected chi connectivity index (χ4v) is 3.17. The number of aryl methyl sites for hydroxylation is 1. The molecule has 1 aromatic carbocycles. The molecule has 3 nitrogen and oxygen atoms in total. The highest BCUT2D eigenvalue weighted by Gasteiger charge is 2.47. The number of fused-ring (bicyclic) bond motifs is 1. The van der Waals surface area contributed by atoms with Crippen molar-refractivity contribution in [3.8, 4) is 0 Å². The predicted molar refractivity (Wildman–Crippen MR) is 80.7 cm³/mol. The molecule has 3 rings (SSSR count). The third-order valence-electron chi connectivity index (χ3n) is 4.94. The third-order valence-corrected chi connectivity index (χ3v) is 4.94. The molecule has 3 atom stereocenters.